The van der Waals surface area contributed by atoms with Crippen LogP contribution >= 0.6 is 0 Å². The third kappa shape index (κ3) is 11.9. The lowest BCUT2D eigenvalue weighted by molar-refractivity contribution is -0.143. The van der Waals surface area contributed by atoms with Crippen molar-refractivity contribution in [2.45, 2.75) is 86.9 Å². The molecular weight excluding hydrogens is 476 g/mol. The molecule has 0 aromatic heterocycles. The summed E-state index contributed by atoms with van der Waals surface area (Å²) in [6.45, 7) is 15.9. The molecule has 1 rings (SSSR count). The van der Waals surface area contributed by atoms with Gasteiger partial charge in [0.05, 0.1) is 12.7 Å². The lowest BCUT2D eigenvalue weighted by atomic mass is 9.83. The van der Waals surface area contributed by atoms with Crippen LogP contribution in [0.25, 0.3) is 0 Å². The van der Waals surface area contributed by atoms with E-state index in [-0.39, 0.29) is 42.2 Å². The molecule has 0 saturated heterocycles. The lowest BCUT2D eigenvalue weighted by Gasteiger charge is -2.25. The number of carbonyl (C=O) groups is 2. The zero-order valence-corrected chi connectivity index (χ0v) is 24.7. The number of hydrogen-bond acceptors (Lipinski definition) is 5. The van der Waals surface area contributed by atoms with Gasteiger partial charge in [0, 0.05) is 23.8 Å². The Hall–Kier alpha value is -2.50. The van der Waals surface area contributed by atoms with Gasteiger partial charge in [-0.1, -0.05) is 101 Å². The number of cyclic esters (lactones) is 1. The number of ketones is 1. The SMILES string of the molecule is CCC(=C/[C@H](C)C/C=C/C(C)=C/[C@@H](C)C(=O)[C@@H](C)[C@H](O)[C@@H](C)C/C(C)=C/CO)/C=C/[C@@H]1OC(=O)C=C[C@@H]1C. The molecule has 0 radical (unpaired) electrons. The van der Waals surface area contributed by atoms with Gasteiger partial charge in [0.1, 0.15) is 11.9 Å². The number of esters is 1. The van der Waals surface area contributed by atoms with Gasteiger partial charge in [-0.15, -0.1) is 0 Å². The van der Waals surface area contributed by atoms with Gasteiger partial charge in [0.2, 0.25) is 0 Å². The Kier molecular flexibility index (Phi) is 15.1. The monoisotopic (exact) mass is 526 g/mol. The first-order chi connectivity index (χ1) is 17.9. The molecule has 38 heavy (non-hydrogen) atoms. The van der Waals surface area contributed by atoms with Crippen molar-refractivity contribution in [3.63, 3.8) is 0 Å². The summed E-state index contributed by atoms with van der Waals surface area (Å²) in [5, 5.41) is 19.7. The maximum absolute atomic E-state index is 13.0. The van der Waals surface area contributed by atoms with E-state index in [0.717, 1.165) is 24.0 Å². The van der Waals surface area contributed by atoms with Crippen molar-refractivity contribution in [1.29, 1.82) is 0 Å². The smallest absolute Gasteiger partial charge is 0.331 e. The minimum absolute atomic E-state index is 0.0139. The fraction of sp³-hybridized carbons (Fsp3) is 0.576. The molecule has 5 nitrogen and oxygen atoms in total. The number of rotatable bonds is 15. The Morgan fingerprint density at radius 2 is 1.82 bits per heavy atom. The molecule has 0 unspecified atom stereocenters. The van der Waals surface area contributed by atoms with E-state index < -0.39 is 12.0 Å². The molecule has 0 aromatic carbocycles. The van der Waals surface area contributed by atoms with Crippen molar-refractivity contribution in [3.05, 3.63) is 71.4 Å². The van der Waals surface area contributed by atoms with Crippen LogP contribution in [0.4, 0.5) is 0 Å². The molecule has 0 fully saturated rings. The third-order valence-corrected chi connectivity index (χ3v) is 7.19. The Labute approximate surface area is 230 Å². The molecule has 5 heteroatoms. The van der Waals surface area contributed by atoms with E-state index in [4.69, 9.17) is 9.84 Å². The van der Waals surface area contributed by atoms with Crippen LogP contribution in [0, 0.1) is 29.6 Å². The second kappa shape index (κ2) is 17.2. The van der Waals surface area contributed by atoms with Gasteiger partial charge in [-0.25, -0.2) is 4.79 Å². The molecular formula is C33H50O5. The summed E-state index contributed by atoms with van der Waals surface area (Å²) in [6.07, 6.45) is 19.0. The van der Waals surface area contributed by atoms with Crippen molar-refractivity contribution in [2.24, 2.45) is 29.6 Å². The van der Waals surface area contributed by atoms with E-state index in [2.05, 4.69) is 38.2 Å². The molecule has 1 aliphatic rings. The summed E-state index contributed by atoms with van der Waals surface area (Å²) in [6, 6.07) is 0. The minimum atomic E-state index is -0.726. The zero-order chi connectivity index (χ0) is 28.8. The standard InChI is InChI=1S/C33H50O5/c1-9-29(14-15-30-25(5)13-16-31(35)38-30)21-23(3)12-10-11-22(2)19-26(6)32(36)28(8)33(37)27(7)20-24(4)17-18-34/h10-11,13-17,19,21,23,25-28,30,33-34,37H,9,12,18,20H2,1-8H3/b11-10+,15-14+,22-19+,24-17+,29-21-/t23-,25+,26-,27+,28-,30+,33-/m1/s1. The predicted octanol–water partition coefficient (Wildman–Crippen LogP) is 6.69. The van der Waals surface area contributed by atoms with Gasteiger partial charge in [0.25, 0.3) is 0 Å². The van der Waals surface area contributed by atoms with Crippen LogP contribution in [0.15, 0.2) is 71.4 Å². The summed E-state index contributed by atoms with van der Waals surface area (Å²) >= 11 is 0. The molecule has 212 valence electrons. The number of Topliss-reactive ketones (excluding diaryl/α,β-unsaturated/α-hetero) is 1. The van der Waals surface area contributed by atoms with Crippen LogP contribution in [0.3, 0.4) is 0 Å². The predicted molar refractivity (Wildman–Crippen MR) is 156 cm³/mol. The van der Waals surface area contributed by atoms with Crippen molar-refractivity contribution < 1.29 is 24.5 Å². The summed E-state index contributed by atoms with van der Waals surface area (Å²) in [4.78, 5) is 24.5. The lowest BCUT2D eigenvalue weighted by Crippen LogP contribution is -2.34. The number of aliphatic hydroxyl groups is 2. The van der Waals surface area contributed by atoms with Crippen LogP contribution in [-0.2, 0) is 14.3 Å². The van der Waals surface area contributed by atoms with E-state index in [0.29, 0.717) is 12.3 Å². The van der Waals surface area contributed by atoms with Crippen LogP contribution in [0.2, 0.25) is 0 Å². The van der Waals surface area contributed by atoms with Crippen molar-refractivity contribution in [3.8, 4) is 0 Å². The van der Waals surface area contributed by atoms with Crippen LogP contribution < -0.4 is 0 Å². The van der Waals surface area contributed by atoms with Crippen LogP contribution in [-0.4, -0.2) is 40.8 Å². The maximum atomic E-state index is 13.0. The number of hydrogen-bond donors (Lipinski definition) is 2. The molecule has 0 bridgehead atoms. The Bertz CT molecular complexity index is 948. The van der Waals surface area contributed by atoms with Gasteiger partial charge in [-0.3, -0.25) is 4.79 Å². The van der Waals surface area contributed by atoms with Crippen LogP contribution in [0.1, 0.15) is 74.7 Å². The molecule has 0 saturated carbocycles. The summed E-state index contributed by atoms with van der Waals surface area (Å²) in [5.74, 6) is -0.570. The average Bonchev–Trinajstić information content (AvgIpc) is 2.86. The average molecular weight is 527 g/mol. The fourth-order valence-corrected chi connectivity index (χ4v) is 4.72. The highest BCUT2D eigenvalue weighted by Crippen LogP contribution is 2.24. The number of allylic oxidation sites excluding steroid dienone is 8. The first-order valence-corrected chi connectivity index (χ1v) is 14.0. The number of aliphatic hydroxyl groups excluding tert-OH is 2. The Morgan fingerprint density at radius 3 is 2.45 bits per heavy atom. The Morgan fingerprint density at radius 1 is 1.13 bits per heavy atom. The summed E-state index contributed by atoms with van der Waals surface area (Å²) in [7, 11) is 0. The van der Waals surface area contributed by atoms with Crippen molar-refractivity contribution in [2.75, 3.05) is 6.61 Å². The third-order valence-electron chi connectivity index (χ3n) is 7.19. The van der Waals surface area contributed by atoms with Crippen LogP contribution in [0.5, 0.6) is 0 Å². The molecule has 7 atom stereocenters. The van der Waals surface area contributed by atoms with E-state index in [1.165, 1.54) is 11.6 Å². The molecule has 0 spiro atoms. The zero-order valence-electron chi connectivity index (χ0n) is 24.7. The van der Waals surface area contributed by atoms with Gasteiger partial charge in [-0.2, -0.15) is 0 Å². The van der Waals surface area contributed by atoms with E-state index in [1.54, 1.807) is 13.0 Å². The molecule has 1 heterocycles. The van der Waals surface area contributed by atoms with Crippen molar-refractivity contribution >= 4 is 11.8 Å². The molecule has 0 aliphatic carbocycles. The first kappa shape index (κ1) is 33.5. The summed E-state index contributed by atoms with van der Waals surface area (Å²) < 4.78 is 5.40. The van der Waals surface area contributed by atoms with Gasteiger partial charge < -0.3 is 14.9 Å². The quantitative estimate of drug-likeness (QED) is 0.141. The largest absolute Gasteiger partial charge is 0.454 e. The second-order valence-corrected chi connectivity index (χ2v) is 11.0. The van der Waals surface area contributed by atoms with Gasteiger partial charge in [0.15, 0.2) is 0 Å². The van der Waals surface area contributed by atoms with Crippen molar-refractivity contribution in [1.82, 2.24) is 0 Å². The van der Waals surface area contributed by atoms with E-state index in [9.17, 15) is 14.7 Å². The normalized spacial score (nSPS) is 23.4. The molecule has 0 amide bonds. The molecule has 2 N–H and O–H groups in total. The number of ether oxygens (including phenoxy) is 1. The topological polar surface area (TPSA) is 83.8 Å². The highest BCUT2D eigenvalue weighted by molar-refractivity contribution is 5.85. The Balaban J connectivity index is 2.68. The molecule has 1 aliphatic heterocycles. The van der Waals surface area contributed by atoms with Gasteiger partial charge >= 0.3 is 5.97 Å². The number of carbonyl (C=O) groups excluding carboxylic acids is 2. The van der Waals surface area contributed by atoms with Gasteiger partial charge in [-0.05, 0) is 51.0 Å². The fourth-order valence-electron chi connectivity index (χ4n) is 4.72. The highest BCUT2D eigenvalue weighted by Gasteiger charge is 2.29. The maximum Gasteiger partial charge on any atom is 0.331 e. The first-order valence-electron chi connectivity index (χ1n) is 14.0. The highest BCUT2D eigenvalue weighted by atomic mass is 16.5. The van der Waals surface area contributed by atoms with E-state index >= 15 is 0 Å². The second-order valence-electron chi connectivity index (χ2n) is 11.0. The minimum Gasteiger partial charge on any atom is -0.454 e. The molecule has 0 aromatic rings. The summed E-state index contributed by atoms with van der Waals surface area (Å²) in [5.41, 5.74) is 3.25. The van der Waals surface area contributed by atoms with E-state index in [1.807, 2.05) is 52.8 Å².